The summed E-state index contributed by atoms with van der Waals surface area (Å²) in [5.41, 5.74) is 1.45. The highest BCUT2D eigenvalue weighted by atomic mass is 35.5. The van der Waals surface area contributed by atoms with Gasteiger partial charge in [0.2, 0.25) is 11.8 Å². The van der Waals surface area contributed by atoms with Crippen LogP contribution in [0.5, 0.6) is 0 Å². The minimum atomic E-state index is -4.19. The van der Waals surface area contributed by atoms with Crippen LogP contribution in [0.1, 0.15) is 45.2 Å². The SMILES string of the molecule is CC[C@H](C(=O)NC(C)(C)C)N(Cc1ccccc1C)C(=O)CN(c1ccc(Cl)c(Cl)c1)S(=O)(=O)c1ccccc1. The Labute approximate surface area is 247 Å². The van der Waals surface area contributed by atoms with Crippen LogP contribution >= 0.6 is 23.2 Å². The van der Waals surface area contributed by atoms with Crippen molar-refractivity contribution in [2.24, 2.45) is 0 Å². The van der Waals surface area contributed by atoms with Gasteiger partial charge in [-0.2, -0.15) is 0 Å². The van der Waals surface area contributed by atoms with Crippen LogP contribution < -0.4 is 9.62 Å². The van der Waals surface area contributed by atoms with Gasteiger partial charge in [-0.3, -0.25) is 13.9 Å². The maximum atomic E-state index is 14.1. The van der Waals surface area contributed by atoms with Crippen LogP contribution in [-0.4, -0.2) is 43.3 Å². The summed E-state index contributed by atoms with van der Waals surface area (Å²) in [6.45, 7) is 8.91. The maximum Gasteiger partial charge on any atom is 0.264 e. The van der Waals surface area contributed by atoms with Gasteiger partial charge in [-0.05, 0) is 75.6 Å². The Morgan fingerprint density at radius 2 is 1.55 bits per heavy atom. The van der Waals surface area contributed by atoms with Crippen molar-refractivity contribution in [1.82, 2.24) is 10.2 Å². The third kappa shape index (κ3) is 7.77. The highest BCUT2D eigenvalue weighted by Gasteiger charge is 2.34. The van der Waals surface area contributed by atoms with Crippen molar-refractivity contribution in [3.05, 3.63) is 94.0 Å². The van der Waals surface area contributed by atoms with Gasteiger partial charge < -0.3 is 10.2 Å². The molecule has 2 amide bonds. The number of aryl methyl sites for hydroxylation is 1. The number of benzene rings is 3. The molecule has 40 heavy (non-hydrogen) atoms. The maximum absolute atomic E-state index is 14.1. The molecule has 0 aliphatic rings. The van der Waals surface area contributed by atoms with Gasteiger partial charge >= 0.3 is 0 Å². The molecule has 214 valence electrons. The highest BCUT2D eigenvalue weighted by molar-refractivity contribution is 7.92. The third-order valence-corrected chi connectivity index (χ3v) is 8.81. The number of amides is 2. The summed E-state index contributed by atoms with van der Waals surface area (Å²) in [6.07, 6.45) is 0.331. The molecule has 0 unspecified atom stereocenters. The molecule has 3 aromatic rings. The van der Waals surface area contributed by atoms with E-state index in [0.717, 1.165) is 15.4 Å². The molecule has 0 saturated heterocycles. The number of anilines is 1. The lowest BCUT2D eigenvalue weighted by Gasteiger charge is -2.35. The van der Waals surface area contributed by atoms with Gasteiger partial charge in [0.1, 0.15) is 12.6 Å². The Kier molecular flexibility index (Phi) is 10.3. The second kappa shape index (κ2) is 13.1. The molecule has 0 aliphatic carbocycles. The minimum Gasteiger partial charge on any atom is -0.350 e. The van der Waals surface area contributed by atoms with E-state index in [0.29, 0.717) is 6.42 Å². The van der Waals surface area contributed by atoms with Gasteiger partial charge in [0, 0.05) is 12.1 Å². The number of sulfonamides is 1. The van der Waals surface area contributed by atoms with Crippen molar-refractivity contribution < 1.29 is 18.0 Å². The lowest BCUT2D eigenvalue weighted by Crippen LogP contribution is -2.55. The molecule has 1 atom stereocenters. The van der Waals surface area contributed by atoms with E-state index in [1.54, 1.807) is 18.2 Å². The minimum absolute atomic E-state index is 0.0110. The van der Waals surface area contributed by atoms with E-state index in [-0.39, 0.29) is 33.1 Å². The van der Waals surface area contributed by atoms with E-state index in [1.807, 2.05) is 58.9 Å². The second-order valence-electron chi connectivity index (χ2n) is 10.5. The van der Waals surface area contributed by atoms with Crippen LogP contribution in [0.15, 0.2) is 77.7 Å². The summed E-state index contributed by atoms with van der Waals surface area (Å²) in [5, 5.41) is 3.36. The van der Waals surface area contributed by atoms with Crippen LogP contribution in [0, 0.1) is 6.92 Å². The number of carbonyl (C=O) groups excluding carboxylic acids is 2. The van der Waals surface area contributed by atoms with Gasteiger partial charge in [0.15, 0.2) is 0 Å². The molecule has 0 aromatic heterocycles. The van der Waals surface area contributed by atoms with Gasteiger partial charge in [-0.25, -0.2) is 8.42 Å². The second-order valence-corrected chi connectivity index (χ2v) is 13.2. The first-order valence-corrected chi connectivity index (χ1v) is 15.1. The number of hydrogen-bond acceptors (Lipinski definition) is 4. The fourth-order valence-corrected chi connectivity index (χ4v) is 5.95. The fraction of sp³-hybridized carbons (Fsp3) is 0.333. The number of halogens is 2. The zero-order chi connectivity index (χ0) is 29.7. The standard InChI is InChI=1S/C30H35Cl2N3O4S/c1-6-27(29(37)33-30(3,4)5)34(19-22-13-11-10-12-21(22)2)28(36)20-35(23-16-17-25(31)26(32)18-23)40(38,39)24-14-8-7-9-15-24/h7-18,27H,6,19-20H2,1-5H3,(H,33,37)/t27-/m1/s1. The molecule has 0 radical (unpaired) electrons. The van der Waals surface area contributed by atoms with E-state index in [1.165, 1.54) is 35.2 Å². The molecule has 0 heterocycles. The Morgan fingerprint density at radius 3 is 2.12 bits per heavy atom. The summed E-state index contributed by atoms with van der Waals surface area (Å²) in [7, 11) is -4.19. The molecular weight excluding hydrogens is 569 g/mol. The van der Waals surface area contributed by atoms with Crippen molar-refractivity contribution in [2.75, 3.05) is 10.8 Å². The van der Waals surface area contributed by atoms with Crippen molar-refractivity contribution in [1.29, 1.82) is 0 Å². The summed E-state index contributed by atoms with van der Waals surface area (Å²) < 4.78 is 28.7. The van der Waals surface area contributed by atoms with Crippen LogP contribution in [0.4, 0.5) is 5.69 Å². The van der Waals surface area contributed by atoms with E-state index in [2.05, 4.69) is 5.32 Å². The fourth-order valence-electron chi connectivity index (χ4n) is 4.23. The van der Waals surface area contributed by atoms with Crippen LogP contribution in [0.2, 0.25) is 10.0 Å². The quantitative estimate of drug-likeness (QED) is 0.298. The van der Waals surface area contributed by atoms with Gasteiger partial charge in [0.25, 0.3) is 10.0 Å². The molecule has 0 spiro atoms. The average Bonchev–Trinajstić information content (AvgIpc) is 2.89. The van der Waals surface area contributed by atoms with Crippen molar-refractivity contribution in [3.63, 3.8) is 0 Å². The van der Waals surface area contributed by atoms with E-state index in [9.17, 15) is 18.0 Å². The first-order chi connectivity index (χ1) is 18.7. The number of hydrogen-bond donors (Lipinski definition) is 1. The molecule has 0 fully saturated rings. The molecule has 0 bridgehead atoms. The van der Waals surface area contributed by atoms with E-state index < -0.39 is 34.1 Å². The smallest absolute Gasteiger partial charge is 0.264 e. The van der Waals surface area contributed by atoms with E-state index in [4.69, 9.17) is 23.2 Å². The molecule has 7 nitrogen and oxygen atoms in total. The highest BCUT2D eigenvalue weighted by Crippen LogP contribution is 2.31. The summed E-state index contributed by atoms with van der Waals surface area (Å²) in [6, 6.07) is 19.0. The number of nitrogens with zero attached hydrogens (tertiary/aromatic N) is 2. The number of carbonyl (C=O) groups is 2. The molecule has 1 N–H and O–H groups in total. The van der Waals surface area contributed by atoms with Gasteiger partial charge in [-0.1, -0.05) is 72.6 Å². The molecule has 3 aromatic carbocycles. The lowest BCUT2D eigenvalue weighted by atomic mass is 10.0. The Bertz CT molecular complexity index is 1460. The summed E-state index contributed by atoms with van der Waals surface area (Å²) >= 11 is 12.4. The average molecular weight is 605 g/mol. The van der Waals surface area contributed by atoms with Gasteiger partial charge in [-0.15, -0.1) is 0 Å². The zero-order valence-electron chi connectivity index (χ0n) is 23.3. The Morgan fingerprint density at radius 1 is 0.925 bits per heavy atom. The van der Waals surface area contributed by atoms with E-state index >= 15 is 0 Å². The summed E-state index contributed by atoms with van der Waals surface area (Å²) in [4.78, 5) is 29.0. The normalized spacial score (nSPS) is 12.5. The van der Waals surface area contributed by atoms with Crippen LogP contribution in [0.3, 0.4) is 0 Å². The Hall–Kier alpha value is -3.07. The predicted molar refractivity (Wildman–Crippen MR) is 161 cm³/mol. The first-order valence-electron chi connectivity index (χ1n) is 12.9. The molecule has 0 saturated carbocycles. The molecular formula is C30H35Cl2N3O4S. The lowest BCUT2D eigenvalue weighted by molar-refractivity contribution is -0.141. The van der Waals surface area contributed by atoms with Crippen molar-refractivity contribution in [3.8, 4) is 0 Å². The molecule has 10 heteroatoms. The van der Waals surface area contributed by atoms with Crippen molar-refractivity contribution in [2.45, 2.75) is 64.1 Å². The first kappa shape index (κ1) is 31.5. The largest absolute Gasteiger partial charge is 0.350 e. The van der Waals surface area contributed by atoms with Crippen LogP contribution in [-0.2, 0) is 26.2 Å². The Balaban J connectivity index is 2.10. The van der Waals surface area contributed by atoms with Crippen molar-refractivity contribution >= 4 is 50.7 Å². The zero-order valence-corrected chi connectivity index (χ0v) is 25.6. The third-order valence-electron chi connectivity index (χ3n) is 6.29. The predicted octanol–water partition coefficient (Wildman–Crippen LogP) is 6.22. The monoisotopic (exact) mass is 603 g/mol. The summed E-state index contributed by atoms with van der Waals surface area (Å²) in [5.74, 6) is -0.853. The number of nitrogens with one attached hydrogen (secondary N) is 1. The topological polar surface area (TPSA) is 86.8 Å². The molecule has 0 aliphatic heterocycles. The van der Waals surface area contributed by atoms with Crippen LogP contribution in [0.25, 0.3) is 0 Å². The van der Waals surface area contributed by atoms with Gasteiger partial charge in [0.05, 0.1) is 20.6 Å². The molecule has 3 rings (SSSR count). The number of rotatable bonds is 10.